The number of nitrogens with zero attached hydrogens (tertiary/aromatic N) is 3. The number of hydrogen-bond donors (Lipinski definition) is 1. The van der Waals surface area contributed by atoms with Crippen LogP contribution in [0.15, 0.2) is 24.3 Å². The standard InChI is InChI=1S/C21H26FN3O5/c1-13(2)25-20(29)19-16(9-10-23(19)17(26)7-4-8-18(27)28)24(21(25)30)12-14-5-3-6-15(22)11-14/h3,5-6,11,13,16,19H,4,7-10,12H2,1-2H3,(H,27,28). The van der Waals surface area contributed by atoms with Crippen molar-refractivity contribution >= 4 is 23.8 Å². The molecule has 0 aliphatic carbocycles. The Kier molecular flexibility index (Phi) is 6.38. The van der Waals surface area contributed by atoms with Gasteiger partial charge in [-0.25, -0.2) is 9.18 Å². The molecule has 0 saturated carbocycles. The molecular formula is C21H26FN3O5. The normalized spacial score (nSPS) is 21.4. The predicted molar refractivity (Wildman–Crippen MR) is 105 cm³/mol. The van der Waals surface area contributed by atoms with Gasteiger partial charge in [0.05, 0.1) is 6.04 Å². The van der Waals surface area contributed by atoms with Gasteiger partial charge in [-0.05, 0) is 44.4 Å². The summed E-state index contributed by atoms with van der Waals surface area (Å²) in [7, 11) is 0. The molecule has 4 amide bonds. The molecule has 0 spiro atoms. The summed E-state index contributed by atoms with van der Waals surface area (Å²) in [5.74, 6) is -2.10. The van der Waals surface area contributed by atoms with E-state index in [1.165, 1.54) is 17.0 Å². The molecule has 0 radical (unpaired) electrons. The van der Waals surface area contributed by atoms with E-state index >= 15 is 0 Å². The third-order valence-corrected chi connectivity index (χ3v) is 5.57. The summed E-state index contributed by atoms with van der Waals surface area (Å²) in [6, 6.07) is 3.80. The van der Waals surface area contributed by atoms with Crippen LogP contribution in [0.25, 0.3) is 0 Å². The number of likely N-dealkylation sites (tertiary alicyclic amines) is 1. The second-order valence-corrected chi connectivity index (χ2v) is 7.98. The second-order valence-electron chi connectivity index (χ2n) is 7.98. The molecule has 3 rings (SSSR count). The van der Waals surface area contributed by atoms with Gasteiger partial charge in [0.1, 0.15) is 11.9 Å². The van der Waals surface area contributed by atoms with Crippen LogP contribution in [-0.4, -0.2) is 68.3 Å². The Morgan fingerprint density at radius 2 is 1.97 bits per heavy atom. The van der Waals surface area contributed by atoms with Crippen molar-refractivity contribution < 1.29 is 28.7 Å². The van der Waals surface area contributed by atoms with Crippen molar-refractivity contribution in [2.75, 3.05) is 6.54 Å². The smallest absolute Gasteiger partial charge is 0.327 e. The van der Waals surface area contributed by atoms with Crippen LogP contribution in [0.4, 0.5) is 9.18 Å². The highest BCUT2D eigenvalue weighted by Gasteiger charge is 2.53. The maximum atomic E-state index is 13.6. The van der Waals surface area contributed by atoms with Crippen molar-refractivity contribution in [1.29, 1.82) is 0 Å². The maximum Gasteiger partial charge on any atom is 0.327 e. The van der Waals surface area contributed by atoms with E-state index in [1.54, 1.807) is 30.9 Å². The van der Waals surface area contributed by atoms with Crippen LogP contribution >= 0.6 is 0 Å². The van der Waals surface area contributed by atoms with Crippen molar-refractivity contribution in [2.45, 2.75) is 64.2 Å². The quantitative estimate of drug-likeness (QED) is 0.731. The Morgan fingerprint density at radius 3 is 2.60 bits per heavy atom. The van der Waals surface area contributed by atoms with E-state index in [-0.39, 0.29) is 31.7 Å². The van der Waals surface area contributed by atoms with Crippen molar-refractivity contribution in [3.8, 4) is 0 Å². The highest BCUT2D eigenvalue weighted by molar-refractivity contribution is 6.02. The van der Waals surface area contributed by atoms with Crippen LogP contribution in [-0.2, 0) is 20.9 Å². The molecule has 2 aliphatic rings. The summed E-state index contributed by atoms with van der Waals surface area (Å²) < 4.78 is 13.6. The van der Waals surface area contributed by atoms with Gasteiger partial charge in [0, 0.05) is 32.0 Å². The molecule has 1 aromatic carbocycles. The van der Waals surface area contributed by atoms with Crippen LogP contribution in [0.5, 0.6) is 0 Å². The number of benzene rings is 1. The molecule has 2 saturated heterocycles. The highest BCUT2D eigenvalue weighted by Crippen LogP contribution is 2.33. The molecule has 2 heterocycles. The van der Waals surface area contributed by atoms with Gasteiger partial charge in [0.2, 0.25) is 5.91 Å². The van der Waals surface area contributed by atoms with Crippen LogP contribution in [0.1, 0.15) is 45.1 Å². The number of carboxylic acids is 1. The first-order valence-corrected chi connectivity index (χ1v) is 10.1. The fourth-order valence-electron chi connectivity index (χ4n) is 4.22. The van der Waals surface area contributed by atoms with E-state index in [9.17, 15) is 23.6 Å². The zero-order valence-corrected chi connectivity index (χ0v) is 17.1. The fraction of sp³-hybridized carbons (Fsp3) is 0.524. The SMILES string of the molecule is CC(C)N1C(=O)C2C(CCN2C(=O)CCCC(=O)O)N(Cc2cccc(F)c2)C1=O. The van der Waals surface area contributed by atoms with Crippen LogP contribution in [0.3, 0.4) is 0 Å². The monoisotopic (exact) mass is 419 g/mol. The number of carbonyl (C=O) groups excluding carboxylic acids is 3. The van der Waals surface area contributed by atoms with Crippen LogP contribution < -0.4 is 0 Å². The van der Waals surface area contributed by atoms with E-state index < -0.39 is 41.9 Å². The van der Waals surface area contributed by atoms with Gasteiger partial charge in [-0.3, -0.25) is 19.3 Å². The number of urea groups is 1. The fourth-order valence-corrected chi connectivity index (χ4v) is 4.22. The number of rotatable bonds is 7. The minimum atomic E-state index is -0.978. The van der Waals surface area contributed by atoms with Crippen LogP contribution in [0.2, 0.25) is 0 Å². The summed E-state index contributed by atoms with van der Waals surface area (Å²) in [4.78, 5) is 53.8. The van der Waals surface area contributed by atoms with Gasteiger partial charge in [-0.15, -0.1) is 0 Å². The molecule has 2 unspecified atom stereocenters. The first-order chi connectivity index (χ1) is 14.2. The molecule has 2 fully saturated rings. The minimum Gasteiger partial charge on any atom is -0.481 e. The molecule has 162 valence electrons. The minimum absolute atomic E-state index is 0.0301. The van der Waals surface area contributed by atoms with Crippen molar-refractivity contribution in [1.82, 2.24) is 14.7 Å². The van der Waals surface area contributed by atoms with Crippen molar-refractivity contribution in [3.63, 3.8) is 0 Å². The van der Waals surface area contributed by atoms with Crippen molar-refractivity contribution in [2.24, 2.45) is 0 Å². The zero-order valence-electron chi connectivity index (χ0n) is 17.1. The van der Waals surface area contributed by atoms with E-state index in [4.69, 9.17) is 5.11 Å². The largest absolute Gasteiger partial charge is 0.481 e. The number of carboxylic acid groups (broad SMARTS) is 1. The molecule has 1 N–H and O–H groups in total. The van der Waals surface area contributed by atoms with E-state index in [0.29, 0.717) is 18.5 Å². The molecule has 0 aromatic heterocycles. The third-order valence-electron chi connectivity index (χ3n) is 5.57. The van der Waals surface area contributed by atoms with E-state index in [1.807, 2.05) is 0 Å². The lowest BCUT2D eigenvalue weighted by molar-refractivity contribution is -0.147. The first kappa shape index (κ1) is 21.7. The molecular weight excluding hydrogens is 393 g/mol. The number of amides is 4. The average Bonchev–Trinajstić information content (AvgIpc) is 3.10. The molecule has 2 atom stereocenters. The average molecular weight is 419 g/mol. The number of carbonyl (C=O) groups is 4. The topological polar surface area (TPSA) is 98.2 Å². The summed E-state index contributed by atoms with van der Waals surface area (Å²) in [5.41, 5.74) is 0.603. The first-order valence-electron chi connectivity index (χ1n) is 10.1. The highest BCUT2D eigenvalue weighted by atomic mass is 19.1. The van der Waals surface area contributed by atoms with Gasteiger partial charge in [-0.2, -0.15) is 0 Å². The predicted octanol–water partition coefficient (Wildman–Crippen LogP) is 2.22. The summed E-state index contributed by atoms with van der Waals surface area (Å²) >= 11 is 0. The van der Waals surface area contributed by atoms with E-state index in [2.05, 4.69) is 0 Å². The van der Waals surface area contributed by atoms with Crippen LogP contribution in [0, 0.1) is 5.82 Å². The van der Waals surface area contributed by atoms with Gasteiger partial charge in [0.25, 0.3) is 5.91 Å². The Balaban J connectivity index is 1.85. The lowest BCUT2D eigenvalue weighted by atomic mass is 10.0. The molecule has 1 aromatic rings. The second kappa shape index (κ2) is 8.81. The number of halogens is 1. The van der Waals surface area contributed by atoms with E-state index in [0.717, 1.165) is 4.90 Å². The Bertz CT molecular complexity index is 859. The molecule has 30 heavy (non-hydrogen) atoms. The Labute approximate surface area is 174 Å². The summed E-state index contributed by atoms with van der Waals surface area (Å²) in [6.07, 6.45) is 0.538. The lowest BCUT2D eigenvalue weighted by Crippen LogP contribution is -2.66. The Hall–Kier alpha value is -2.97. The lowest BCUT2D eigenvalue weighted by Gasteiger charge is -2.45. The number of hydrogen-bond acceptors (Lipinski definition) is 4. The van der Waals surface area contributed by atoms with Gasteiger partial charge in [-0.1, -0.05) is 12.1 Å². The van der Waals surface area contributed by atoms with Gasteiger partial charge >= 0.3 is 12.0 Å². The van der Waals surface area contributed by atoms with Gasteiger partial charge in [0.15, 0.2) is 0 Å². The number of fused-ring (bicyclic) bond motifs is 1. The zero-order chi connectivity index (χ0) is 22.0. The molecule has 9 heteroatoms. The summed E-state index contributed by atoms with van der Waals surface area (Å²) in [6.45, 7) is 3.90. The Morgan fingerprint density at radius 1 is 1.23 bits per heavy atom. The maximum absolute atomic E-state index is 13.6. The number of imide groups is 1. The van der Waals surface area contributed by atoms with Crippen molar-refractivity contribution in [3.05, 3.63) is 35.6 Å². The molecule has 0 bridgehead atoms. The third kappa shape index (κ3) is 4.29. The molecule has 2 aliphatic heterocycles. The molecule has 8 nitrogen and oxygen atoms in total. The number of aliphatic carboxylic acids is 1. The van der Waals surface area contributed by atoms with Gasteiger partial charge < -0.3 is 14.9 Å². The summed E-state index contributed by atoms with van der Waals surface area (Å²) in [5, 5.41) is 8.78.